The normalized spacial score (nSPS) is 16.7. The van der Waals surface area contributed by atoms with Crippen molar-refractivity contribution in [1.82, 2.24) is 4.90 Å². The second kappa shape index (κ2) is 7.44. The Morgan fingerprint density at radius 1 is 1.14 bits per heavy atom. The van der Waals surface area contributed by atoms with Crippen molar-refractivity contribution in [2.24, 2.45) is 0 Å². The minimum absolute atomic E-state index is 0.229. The molecule has 2 aromatic carbocycles. The molecule has 1 N–H and O–H groups in total. The lowest BCUT2D eigenvalue weighted by atomic mass is 9.93. The van der Waals surface area contributed by atoms with Gasteiger partial charge < -0.3 is 19.2 Å². The number of ether oxygens (including phenoxy) is 1. The number of hydrogen-bond acceptors (Lipinski definition) is 4. The summed E-state index contributed by atoms with van der Waals surface area (Å²) in [4.78, 5) is 14.5. The quantitative estimate of drug-likeness (QED) is 0.660. The second-order valence-corrected chi connectivity index (χ2v) is 6.90. The molecule has 0 fully saturated rings. The van der Waals surface area contributed by atoms with Crippen molar-refractivity contribution in [3.63, 3.8) is 0 Å². The van der Waals surface area contributed by atoms with Gasteiger partial charge in [-0.05, 0) is 47.5 Å². The van der Waals surface area contributed by atoms with Crippen molar-refractivity contribution < 1.29 is 19.1 Å². The molecule has 142 valence electrons. The molecular formula is C22H18ClNO4. The third-order valence-corrected chi connectivity index (χ3v) is 5.01. The Morgan fingerprint density at radius 3 is 2.57 bits per heavy atom. The molecule has 0 aliphatic carbocycles. The van der Waals surface area contributed by atoms with Crippen molar-refractivity contribution in [1.29, 1.82) is 0 Å². The number of carbonyl (C=O) groups excluding carboxylic acids is 1. The van der Waals surface area contributed by atoms with Gasteiger partial charge in [0.1, 0.15) is 11.5 Å². The minimum Gasteiger partial charge on any atom is -0.503 e. The van der Waals surface area contributed by atoms with Crippen molar-refractivity contribution in [2.45, 2.75) is 12.6 Å². The summed E-state index contributed by atoms with van der Waals surface area (Å²) in [7, 11) is 1.59. The third-order valence-electron chi connectivity index (χ3n) is 4.78. The Labute approximate surface area is 167 Å². The molecule has 6 heteroatoms. The maximum absolute atomic E-state index is 12.9. The largest absolute Gasteiger partial charge is 0.503 e. The predicted molar refractivity (Wildman–Crippen MR) is 106 cm³/mol. The van der Waals surface area contributed by atoms with E-state index in [0.717, 1.165) is 11.1 Å². The second-order valence-electron chi connectivity index (χ2n) is 6.46. The highest BCUT2D eigenvalue weighted by atomic mass is 35.5. The van der Waals surface area contributed by atoms with E-state index >= 15 is 0 Å². The summed E-state index contributed by atoms with van der Waals surface area (Å²) in [5, 5.41) is 11.3. The fraction of sp³-hybridized carbons (Fsp3) is 0.136. The number of nitrogens with zero attached hydrogens (tertiary/aromatic N) is 1. The zero-order chi connectivity index (χ0) is 19.7. The lowest BCUT2D eigenvalue weighted by Crippen LogP contribution is -2.29. The smallest absolute Gasteiger partial charge is 0.290 e. The van der Waals surface area contributed by atoms with Crippen molar-refractivity contribution in [2.75, 3.05) is 7.11 Å². The fourth-order valence-corrected chi connectivity index (χ4v) is 3.67. The minimum atomic E-state index is -0.496. The van der Waals surface area contributed by atoms with Gasteiger partial charge in [0.05, 0.1) is 26.0 Å². The summed E-state index contributed by atoms with van der Waals surface area (Å²) in [6, 6.07) is 17.6. The number of aliphatic hydroxyl groups excluding tert-OH is 1. The Hall–Kier alpha value is -3.18. The molecule has 2 heterocycles. The van der Waals surface area contributed by atoms with Gasteiger partial charge in [0.25, 0.3) is 5.91 Å². The Balaban J connectivity index is 1.82. The molecule has 1 unspecified atom stereocenters. The molecule has 1 aliphatic heterocycles. The molecule has 1 atom stereocenters. The maximum Gasteiger partial charge on any atom is 0.290 e. The van der Waals surface area contributed by atoms with Gasteiger partial charge in [-0.1, -0.05) is 35.9 Å². The first-order chi connectivity index (χ1) is 13.6. The molecular weight excluding hydrogens is 378 g/mol. The average Bonchev–Trinajstić information content (AvgIpc) is 3.30. The van der Waals surface area contributed by atoms with Crippen LogP contribution in [0.2, 0.25) is 5.02 Å². The lowest BCUT2D eigenvalue weighted by molar-refractivity contribution is -0.130. The van der Waals surface area contributed by atoms with Gasteiger partial charge in [-0.15, -0.1) is 0 Å². The summed E-state index contributed by atoms with van der Waals surface area (Å²) in [5.74, 6) is 0.595. The molecule has 4 rings (SSSR count). The van der Waals surface area contributed by atoms with Gasteiger partial charge in [-0.3, -0.25) is 4.79 Å². The van der Waals surface area contributed by atoms with Crippen molar-refractivity contribution in [3.8, 4) is 5.75 Å². The molecule has 1 aromatic heterocycles. The highest BCUT2D eigenvalue weighted by Crippen LogP contribution is 2.44. The number of aliphatic hydroxyl groups is 1. The van der Waals surface area contributed by atoms with E-state index < -0.39 is 11.9 Å². The summed E-state index contributed by atoms with van der Waals surface area (Å²) in [6.07, 6.45) is 1.56. The molecule has 5 nitrogen and oxygen atoms in total. The number of hydrogen-bond donors (Lipinski definition) is 1. The van der Waals surface area contributed by atoms with E-state index in [1.165, 1.54) is 0 Å². The first-order valence-corrected chi connectivity index (χ1v) is 9.12. The van der Waals surface area contributed by atoms with Crippen LogP contribution in [0, 0.1) is 0 Å². The number of benzene rings is 2. The van der Waals surface area contributed by atoms with Gasteiger partial charge in [0, 0.05) is 10.6 Å². The van der Waals surface area contributed by atoms with Gasteiger partial charge in [0.15, 0.2) is 5.76 Å². The van der Waals surface area contributed by atoms with Crippen LogP contribution in [0.1, 0.15) is 22.9 Å². The number of carbonyl (C=O) groups is 1. The SMILES string of the molecule is COc1ccc(C2=C(O)C(=O)N(Cc3ccco3)C2c2cccc(Cl)c2)cc1. The predicted octanol–water partition coefficient (Wildman–Crippen LogP) is 4.99. The van der Waals surface area contributed by atoms with Crippen molar-refractivity contribution >= 4 is 23.1 Å². The van der Waals surface area contributed by atoms with Crippen molar-refractivity contribution in [3.05, 3.63) is 94.6 Å². The molecule has 1 amide bonds. The van der Waals surface area contributed by atoms with E-state index in [9.17, 15) is 9.90 Å². The summed E-state index contributed by atoms with van der Waals surface area (Å²) >= 11 is 6.20. The van der Waals surface area contributed by atoms with Gasteiger partial charge in [-0.2, -0.15) is 0 Å². The zero-order valence-electron chi connectivity index (χ0n) is 15.1. The average molecular weight is 396 g/mol. The third kappa shape index (κ3) is 3.25. The van der Waals surface area contributed by atoms with E-state index in [1.807, 2.05) is 24.3 Å². The molecule has 0 saturated carbocycles. The molecule has 0 spiro atoms. The van der Waals surface area contributed by atoms with Crippen LogP contribution in [0.25, 0.3) is 5.57 Å². The first kappa shape index (κ1) is 18.2. The van der Waals surface area contributed by atoms with Crippen LogP contribution in [0.5, 0.6) is 5.75 Å². The molecule has 1 aliphatic rings. The Bertz CT molecular complexity index is 1020. The Morgan fingerprint density at radius 2 is 1.93 bits per heavy atom. The number of methoxy groups -OCH3 is 1. The van der Waals surface area contributed by atoms with Crippen LogP contribution in [0.3, 0.4) is 0 Å². The molecule has 0 radical (unpaired) electrons. The maximum atomic E-state index is 12.9. The lowest BCUT2D eigenvalue weighted by Gasteiger charge is -2.26. The van der Waals surface area contributed by atoms with Crippen LogP contribution in [-0.4, -0.2) is 23.0 Å². The van der Waals surface area contributed by atoms with Crippen LogP contribution >= 0.6 is 11.6 Å². The van der Waals surface area contributed by atoms with Gasteiger partial charge >= 0.3 is 0 Å². The van der Waals surface area contributed by atoms with Gasteiger partial charge in [-0.25, -0.2) is 0 Å². The van der Waals surface area contributed by atoms with E-state index in [0.29, 0.717) is 22.1 Å². The topological polar surface area (TPSA) is 62.9 Å². The molecule has 3 aromatic rings. The van der Waals surface area contributed by atoms with Gasteiger partial charge in [0.2, 0.25) is 0 Å². The molecule has 0 saturated heterocycles. The summed E-state index contributed by atoms with van der Waals surface area (Å²) in [6.45, 7) is 0.229. The van der Waals surface area contributed by atoms with Crippen LogP contribution in [0.4, 0.5) is 0 Å². The fourth-order valence-electron chi connectivity index (χ4n) is 3.48. The number of amides is 1. The highest BCUT2D eigenvalue weighted by Gasteiger charge is 2.41. The Kier molecular flexibility index (Phi) is 4.84. The van der Waals surface area contributed by atoms with E-state index in [4.69, 9.17) is 20.8 Å². The van der Waals surface area contributed by atoms with Crippen LogP contribution < -0.4 is 4.74 Å². The number of rotatable bonds is 5. The van der Waals surface area contributed by atoms with Crippen LogP contribution in [0.15, 0.2) is 77.1 Å². The highest BCUT2D eigenvalue weighted by molar-refractivity contribution is 6.30. The monoisotopic (exact) mass is 395 g/mol. The van der Waals surface area contributed by atoms with Crippen LogP contribution in [-0.2, 0) is 11.3 Å². The number of halogens is 1. The molecule has 0 bridgehead atoms. The summed E-state index contributed by atoms with van der Waals surface area (Å²) in [5.41, 5.74) is 2.07. The first-order valence-electron chi connectivity index (χ1n) is 8.75. The summed E-state index contributed by atoms with van der Waals surface area (Å²) < 4.78 is 10.6. The number of furan rings is 1. The van der Waals surface area contributed by atoms with E-state index in [-0.39, 0.29) is 12.3 Å². The standard InChI is InChI=1S/C22H18ClNO4/c1-27-17-9-7-14(8-10-17)19-20(15-4-2-5-16(23)12-15)24(22(26)21(19)25)13-18-6-3-11-28-18/h2-12,20,25H,13H2,1H3. The van der Waals surface area contributed by atoms with E-state index in [1.54, 1.807) is 54.7 Å². The zero-order valence-corrected chi connectivity index (χ0v) is 15.9. The van der Waals surface area contributed by atoms with E-state index in [2.05, 4.69) is 0 Å². The molecule has 28 heavy (non-hydrogen) atoms.